The van der Waals surface area contributed by atoms with Crippen LogP contribution in [0.5, 0.6) is 0 Å². The van der Waals surface area contributed by atoms with E-state index in [0.29, 0.717) is 17.8 Å². The van der Waals surface area contributed by atoms with E-state index < -0.39 is 17.5 Å². The standard InChI is InChI=1S/C22H27N5O3/c1-14-9-7-8-12-22(14)20(29)26(21(30)24-22)13-18(28)23-19-15(2)25-27(16(19)3)17-10-5-4-6-11-17/h4-6,10-11,14H,7-9,12-13H2,1-3H3,(H,23,28)(H,24,30)/t14-,22+/m0/s1. The van der Waals surface area contributed by atoms with Crippen LogP contribution in [-0.4, -0.2) is 44.6 Å². The van der Waals surface area contributed by atoms with Crippen LogP contribution in [0.25, 0.3) is 5.69 Å². The lowest BCUT2D eigenvalue weighted by Crippen LogP contribution is -2.54. The van der Waals surface area contributed by atoms with Gasteiger partial charge < -0.3 is 10.6 Å². The van der Waals surface area contributed by atoms with Crippen molar-refractivity contribution in [2.45, 2.75) is 52.0 Å². The summed E-state index contributed by atoms with van der Waals surface area (Å²) in [4.78, 5) is 39.4. The first-order chi connectivity index (χ1) is 14.3. The number of nitrogens with zero attached hydrogens (tertiary/aromatic N) is 3. The molecule has 8 nitrogen and oxygen atoms in total. The van der Waals surface area contributed by atoms with E-state index in [1.165, 1.54) is 0 Å². The number of nitrogens with one attached hydrogen (secondary N) is 2. The molecule has 1 aromatic carbocycles. The van der Waals surface area contributed by atoms with Gasteiger partial charge in [-0.15, -0.1) is 0 Å². The molecule has 2 heterocycles. The predicted molar refractivity (Wildman–Crippen MR) is 112 cm³/mol. The second kappa shape index (κ2) is 7.59. The minimum absolute atomic E-state index is 0.0596. The van der Waals surface area contributed by atoms with Crippen molar-refractivity contribution in [2.75, 3.05) is 11.9 Å². The zero-order valence-corrected chi connectivity index (χ0v) is 17.6. The Balaban J connectivity index is 1.50. The number of carbonyl (C=O) groups is 3. The Morgan fingerprint density at radius 1 is 1.23 bits per heavy atom. The maximum Gasteiger partial charge on any atom is 0.325 e. The van der Waals surface area contributed by atoms with Gasteiger partial charge in [-0.2, -0.15) is 5.10 Å². The molecule has 1 aliphatic carbocycles. The van der Waals surface area contributed by atoms with Gasteiger partial charge in [-0.25, -0.2) is 9.48 Å². The molecule has 1 spiro atoms. The minimum atomic E-state index is -0.861. The van der Waals surface area contributed by atoms with Crippen molar-refractivity contribution in [2.24, 2.45) is 5.92 Å². The van der Waals surface area contributed by atoms with Crippen LogP contribution in [0.1, 0.15) is 44.0 Å². The fraction of sp³-hybridized carbons (Fsp3) is 0.455. The maximum atomic E-state index is 13.1. The lowest BCUT2D eigenvalue weighted by Gasteiger charge is -2.36. The van der Waals surface area contributed by atoms with Crippen LogP contribution in [0.4, 0.5) is 10.5 Å². The first kappa shape index (κ1) is 20.1. The highest BCUT2D eigenvalue weighted by atomic mass is 16.2. The van der Waals surface area contributed by atoms with Gasteiger partial charge in [0, 0.05) is 0 Å². The lowest BCUT2D eigenvalue weighted by atomic mass is 9.73. The fourth-order valence-electron chi connectivity index (χ4n) is 4.61. The highest BCUT2D eigenvalue weighted by Crippen LogP contribution is 2.38. The predicted octanol–water partition coefficient (Wildman–Crippen LogP) is 2.93. The van der Waals surface area contributed by atoms with E-state index in [0.717, 1.165) is 35.5 Å². The van der Waals surface area contributed by atoms with Gasteiger partial charge in [0.25, 0.3) is 5.91 Å². The minimum Gasteiger partial charge on any atom is -0.323 e. The molecule has 158 valence electrons. The normalized spacial score (nSPS) is 23.7. The van der Waals surface area contributed by atoms with Crippen LogP contribution in [0.15, 0.2) is 30.3 Å². The monoisotopic (exact) mass is 409 g/mol. The summed E-state index contributed by atoms with van der Waals surface area (Å²) in [5.41, 5.74) is 2.07. The number of urea groups is 1. The third-order valence-corrected chi connectivity index (χ3v) is 6.36. The van der Waals surface area contributed by atoms with Crippen molar-refractivity contribution in [1.82, 2.24) is 20.0 Å². The summed E-state index contributed by atoms with van der Waals surface area (Å²) in [6.45, 7) is 5.36. The molecule has 0 unspecified atom stereocenters. The molecule has 1 saturated heterocycles. The van der Waals surface area contributed by atoms with Crippen LogP contribution < -0.4 is 10.6 Å². The van der Waals surface area contributed by atoms with Gasteiger partial charge in [0.2, 0.25) is 5.91 Å². The van der Waals surface area contributed by atoms with Crippen LogP contribution in [0.3, 0.4) is 0 Å². The molecule has 30 heavy (non-hydrogen) atoms. The first-order valence-corrected chi connectivity index (χ1v) is 10.4. The van der Waals surface area contributed by atoms with E-state index >= 15 is 0 Å². The zero-order valence-electron chi connectivity index (χ0n) is 17.6. The number of benzene rings is 1. The van der Waals surface area contributed by atoms with Gasteiger partial charge in [0.05, 0.1) is 22.8 Å². The molecule has 2 aromatic rings. The number of rotatable bonds is 4. The molecule has 0 bridgehead atoms. The second-order valence-electron chi connectivity index (χ2n) is 8.28. The Bertz CT molecular complexity index is 1000. The van der Waals surface area contributed by atoms with Gasteiger partial charge in [0.15, 0.2) is 0 Å². The van der Waals surface area contributed by atoms with Crippen molar-refractivity contribution in [3.05, 3.63) is 41.7 Å². The van der Waals surface area contributed by atoms with Crippen molar-refractivity contribution >= 4 is 23.5 Å². The quantitative estimate of drug-likeness (QED) is 0.759. The highest BCUT2D eigenvalue weighted by molar-refractivity contribution is 6.10. The molecular formula is C22H27N5O3. The molecule has 1 saturated carbocycles. The molecule has 8 heteroatoms. The number of carbonyl (C=O) groups excluding carboxylic acids is 3. The van der Waals surface area contributed by atoms with Crippen LogP contribution >= 0.6 is 0 Å². The van der Waals surface area contributed by atoms with Crippen LogP contribution in [-0.2, 0) is 9.59 Å². The highest BCUT2D eigenvalue weighted by Gasteiger charge is 2.55. The molecule has 4 rings (SSSR count). The SMILES string of the molecule is Cc1nn(-c2ccccc2)c(C)c1NC(=O)CN1C(=O)N[C@@]2(CCCC[C@@H]2C)C1=O. The smallest absolute Gasteiger partial charge is 0.323 e. The largest absolute Gasteiger partial charge is 0.325 e. The molecular weight excluding hydrogens is 382 g/mol. The Labute approximate surface area is 175 Å². The van der Waals surface area contributed by atoms with Gasteiger partial charge in [0.1, 0.15) is 12.1 Å². The van der Waals surface area contributed by atoms with Crippen LogP contribution in [0.2, 0.25) is 0 Å². The number of imide groups is 1. The van der Waals surface area contributed by atoms with Crippen molar-refractivity contribution in [3.63, 3.8) is 0 Å². The van der Waals surface area contributed by atoms with Crippen molar-refractivity contribution < 1.29 is 14.4 Å². The Hall–Kier alpha value is -3.16. The number of para-hydroxylation sites is 1. The van der Waals surface area contributed by atoms with Gasteiger partial charge in [-0.1, -0.05) is 38.0 Å². The summed E-state index contributed by atoms with van der Waals surface area (Å²) in [7, 11) is 0. The summed E-state index contributed by atoms with van der Waals surface area (Å²) < 4.78 is 1.76. The number of aromatic nitrogens is 2. The summed E-state index contributed by atoms with van der Waals surface area (Å²) in [6.07, 6.45) is 3.46. The Kier molecular flexibility index (Phi) is 5.09. The van der Waals surface area contributed by atoms with E-state index in [2.05, 4.69) is 15.7 Å². The number of amides is 4. The van der Waals surface area contributed by atoms with E-state index in [9.17, 15) is 14.4 Å². The third kappa shape index (κ3) is 3.26. The number of hydrogen-bond donors (Lipinski definition) is 2. The van der Waals surface area contributed by atoms with Crippen molar-refractivity contribution in [3.8, 4) is 5.69 Å². The third-order valence-electron chi connectivity index (χ3n) is 6.36. The van der Waals surface area contributed by atoms with Gasteiger partial charge in [-0.05, 0) is 44.7 Å². The average Bonchev–Trinajstić information content (AvgIpc) is 3.14. The zero-order chi connectivity index (χ0) is 21.5. The molecule has 2 aliphatic rings. The van der Waals surface area contributed by atoms with E-state index in [1.807, 2.05) is 51.1 Å². The van der Waals surface area contributed by atoms with Crippen LogP contribution in [0, 0.1) is 19.8 Å². The number of aryl methyl sites for hydroxylation is 1. The van der Waals surface area contributed by atoms with Crippen molar-refractivity contribution in [1.29, 1.82) is 0 Å². The molecule has 2 atom stereocenters. The summed E-state index contributed by atoms with van der Waals surface area (Å²) in [6, 6.07) is 9.15. The van der Waals surface area contributed by atoms with E-state index in [4.69, 9.17) is 0 Å². The second-order valence-corrected chi connectivity index (χ2v) is 8.28. The lowest BCUT2D eigenvalue weighted by molar-refractivity contribution is -0.136. The molecule has 0 radical (unpaired) electrons. The summed E-state index contributed by atoms with van der Waals surface area (Å²) in [5.74, 6) is -0.648. The Morgan fingerprint density at radius 2 is 1.97 bits per heavy atom. The molecule has 1 aliphatic heterocycles. The molecule has 4 amide bonds. The molecule has 1 aromatic heterocycles. The average molecular weight is 409 g/mol. The Morgan fingerprint density at radius 3 is 2.67 bits per heavy atom. The summed E-state index contributed by atoms with van der Waals surface area (Å²) >= 11 is 0. The fourth-order valence-corrected chi connectivity index (χ4v) is 4.61. The van der Waals surface area contributed by atoms with Gasteiger partial charge in [-0.3, -0.25) is 14.5 Å². The van der Waals surface area contributed by atoms with Gasteiger partial charge >= 0.3 is 6.03 Å². The van der Waals surface area contributed by atoms with E-state index in [1.54, 1.807) is 4.68 Å². The number of anilines is 1. The molecule has 2 fully saturated rings. The molecule has 2 N–H and O–H groups in total. The summed E-state index contributed by atoms with van der Waals surface area (Å²) in [5, 5.41) is 10.2. The topological polar surface area (TPSA) is 96.3 Å². The van der Waals surface area contributed by atoms with E-state index in [-0.39, 0.29) is 18.4 Å². The first-order valence-electron chi connectivity index (χ1n) is 10.4. The number of hydrogen-bond acceptors (Lipinski definition) is 4. The maximum absolute atomic E-state index is 13.1.